The van der Waals surface area contributed by atoms with Gasteiger partial charge in [0.15, 0.2) is 11.6 Å². The molecule has 0 aliphatic carbocycles. The topological polar surface area (TPSA) is 35.2 Å². The van der Waals surface area contributed by atoms with Crippen LogP contribution >= 0.6 is 0 Å². The Kier molecular flexibility index (Phi) is 4.85. The average Bonchev–Trinajstić information content (AvgIpc) is 2.42. The third kappa shape index (κ3) is 3.98. The number of hydrogen-bond donors (Lipinski definition) is 1. The highest BCUT2D eigenvalue weighted by Crippen LogP contribution is 2.19. The van der Waals surface area contributed by atoms with Crippen LogP contribution in [0.3, 0.4) is 0 Å². The van der Waals surface area contributed by atoms with Gasteiger partial charge in [-0.2, -0.15) is 0 Å². The lowest BCUT2D eigenvalue weighted by Crippen LogP contribution is -2.26. The molecule has 2 aromatic rings. The van der Waals surface area contributed by atoms with Gasteiger partial charge >= 0.3 is 0 Å². The van der Waals surface area contributed by atoms with Gasteiger partial charge in [0, 0.05) is 12.1 Å². The molecule has 0 aliphatic rings. The van der Waals surface area contributed by atoms with Crippen molar-refractivity contribution in [1.29, 1.82) is 0 Å². The Morgan fingerprint density at radius 2 is 1.76 bits per heavy atom. The van der Waals surface area contributed by atoms with Gasteiger partial charge in [0.05, 0.1) is 7.11 Å². The van der Waals surface area contributed by atoms with Crippen molar-refractivity contribution < 1.29 is 17.9 Å². The van der Waals surface area contributed by atoms with E-state index in [2.05, 4.69) is 0 Å². The first-order chi connectivity index (χ1) is 9.99. The zero-order chi connectivity index (χ0) is 15.4. The molecule has 0 amide bonds. The van der Waals surface area contributed by atoms with Crippen LogP contribution in [-0.2, 0) is 12.8 Å². The van der Waals surface area contributed by atoms with Gasteiger partial charge < -0.3 is 10.5 Å². The highest BCUT2D eigenvalue weighted by molar-refractivity contribution is 5.30. The molecule has 2 N–H and O–H groups in total. The minimum Gasteiger partial charge on any atom is -0.494 e. The third-order valence-electron chi connectivity index (χ3n) is 3.21. The maximum absolute atomic E-state index is 13.6. The highest BCUT2D eigenvalue weighted by atomic mass is 19.1. The van der Waals surface area contributed by atoms with Crippen molar-refractivity contribution in [3.8, 4) is 5.75 Å². The lowest BCUT2D eigenvalue weighted by atomic mass is 9.99. The molecule has 2 nitrogen and oxygen atoms in total. The molecule has 21 heavy (non-hydrogen) atoms. The van der Waals surface area contributed by atoms with Gasteiger partial charge in [-0.15, -0.1) is 0 Å². The molecule has 1 atom stereocenters. The third-order valence-corrected chi connectivity index (χ3v) is 3.21. The molecule has 0 bridgehead atoms. The molecule has 0 radical (unpaired) electrons. The predicted octanol–water partition coefficient (Wildman–Crippen LogP) is 3.23. The second kappa shape index (κ2) is 6.63. The predicted molar refractivity (Wildman–Crippen MR) is 74.7 cm³/mol. The monoisotopic (exact) mass is 295 g/mol. The van der Waals surface area contributed by atoms with Crippen LogP contribution in [0.5, 0.6) is 5.75 Å². The van der Waals surface area contributed by atoms with Gasteiger partial charge in [0.25, 0.3) is 0 Å². The molecule has 0 spiro atoms. The summed E-state index contributed by atoms with van der Waals surface area (Å²) in [5.74, 6) is -1.54. The normalized spacial score (nSPS) is 12.2. The van der Waals surface area contributed by atoms with Gasteiger partial charge in [0.2, 0.25) is 0 Å². The SMILES string of the molecule is COc1ccc(CC(N)Cc2ccc(F)cc2F)cc1F. The van der Waals surface area contributed by atoms with Crippen molar-refractivity contribution in [3.05, 3.63) is 65.0 Å². The molecule has 5 heteroatoms. The number of benzene rings is 2. The van der Waals surface area contributed by atoms with E-state index >= 15 is 0 Å². The van der Waals surface area contributed by atoms with E-state index in [1.54, 1.807) is 6.07 Å². The average molecular weight is 295 g/mol. The van der Waals surface area contributed by atoms with E-state index in [9.17, 15) is 13.2 Å². The Balaban J connectivity index is 2.04. The summed E-state index contributed by atoms with van der Waals surface area (Å²) < 4.78 is 44.8. The quantitative estimate of drug-likeness (QED) is 0.919. The van der Waals surface area contributed by atoms with Crippen LogP contribution < -0.4 is 10.5 Å². The van der Waals surface area contributed by atoms with E-state index < -0.39 is 23.5 Å². The number of ether oxygens (including phenoxy) is 1. The fraction of sp³-hybridized carbons (Fsp3) is 0.250. The molecule has 0 saturated heterocycles. The van der Waals surface area contributed by atoms with Gasteiger partial charge in [-0.1, -0.05) is 12.1 Å². The number of halogens is 3. The summed E-state index contributed by atoms with van der Waals surface area (Å²) in [6, 6.07) is 7.59. The number of rotatable bonds is 5. The Morgan fingerprint density at radius 1 is 1.00 bits per heavy atom. The van der Waals surface area contributed by atoms with E-state index in [1.807, 2.05) is 0 Å². The van der Waals surface area contributed by atoms with Gasteiger partial charge in [-0.05, 0) is 42.2 Å². The lowest BCUT2D eigenvalue weighted by molar-refractivity contribution is 0.386. The Labute approximate surface area is 121 Å². The zero-order valence-electron chi connectivity index (χ0n) is 11.6. The molecule has 2 rings (SSSR count). The lowest BCUT2D eigenvalue weighted by Gasteiger charge is -2.13. The summed E-state index contributed by atoms with van der Waals surface area (Å²) in [4.78, 5) is 0. The van der Waals surface area contributed by atoms with Gasteiger partial charge in [-0.25, -0.2) is 13.2 Å². The van der Waals surface area contributed by atoms with Crippen LogP contribution in [0.2, 0.25) is 0 Å². The van der Waals surface area contributed by atoms with Crippen LogP contribution in [0, 0.1) is 17.5 Å². The summed E-state index contributed by atoms with van der Waals surface area (Å²) in [5, 5.41) is 0. The Bertz CT molecular complexity index is 631. The molecular weight excluding hydrogens is 279 g/mol. The molecule has 0 heterocycles. The Hall–Kier alpha value is -2.01. The van der Waals surface area contributed by atoms with Crippen molar-refractivity contribution >= 4 is 0 Å². The second-order valence-electron chi connectivity index (χ2n) is 4.87. The summed E-state index contributed by atoms with van der Waals surface area (Å²) in [5.41, 5.74) is 6.99. The minimum absolute atomic E-state index is 0.164. The zero-order valence-corrected chi connectivity index (χ0v) is 11.6. The fourth-order valence-corrected chi connectivity index (χ4v) is 2.18. The second-order valence-corrected chi connectivity index (χ2v) is 4.87. The van der Waals surface area contributed by atoms with Crippen LogP contribution in [0.1, 0.15) is 11.1 Å². The van der Waals surface area contributed by atoms with Crippen LogP contribution in [0.4, 0.5) is 13.2 Å². The summed E-state index contributed by atoms with van der Waals surface area (Å²) in [7, 11) is 1.39. The first kappa shape index (κ1) is 15.4. The first-order valence-corrected chi connectivity index (χ1v) is 6.51. The van der Waals surface area contributed by atoms with Gasteiger partial charge in [0.1, 0.15) is 11.6 Å². The molecule has 1 unspecified atom stereocenters. The first-order valence-electron chi connectivity index (χ1n) is 6.51. The van der Waals surface area contributed by atoms with Crippen molar-refractivity contribution in [2.24, 2.45) is 5.73 Å². The van der Waals surface area contributed by atoms with Crippen LogP contribution in [-0.4, -0.2) is 13.2 Å². The highest BCUT2D eigenvalue weighted by Gasteiger charge is 2.11. The molecular formula is C16H16F3NO. The maximum atomic E-state index is 13.6. The molecule has 0 aromatic heterocycles. The largest absolute Gasteiger partial charge is 0.494 e. The van der Waals surface area contributed by atoms with Crippen molar-refractivity contribution in [1.82, 2.24) is 0 Å². The smallest absolute Gasteiger partial charge is 0.165 e. The molecule has 0 saturated carbocycles. The van der Waals surface area contributed by atoms with E-state index in [-0.39, 0.29) is 12.2 Å². The van der Waals surface area contributed by atoms with Gasteiger partial charge in [-0.3, -0.25) is 0 Å². The molecule has 0 fully saturated rings. The minimum atomic E-state index is -0.623. The summed E-state index contributed by atoms with van der Waals surface area (Å²) in [6.07, 6.45) is 0.636. The Morgan fingerprint density at radius 3 is 2.38 bits per heavy atom. The number of methoxy groups -OCH3 is 1. The number of hydrogen-bond acceptors (Lipinski definition) is 2. The standard InChI is InChI=1S/C16H16F3NO/c1-21-16-5-2-10(7-15(16)19)6-13(20)8-11-3-4-12(17)9-14(11)18/h2-5,7,9,13H,6,8,20H2,1H3. The van der Waals surface area contributed by atoms with Crippen molar-refractivity contribution in [3.63, 3.8) is 0 Å². The van der Waals surface area contributed by atoms with Crippen molar-refractivity contribution in [2.75, 3.05) is 7.11 Å². The molecule has 112 valence electrons. The number of nitrogens with two attached hydrogens (primary N) is 1. The van der Waals surface area contributed by atoms with Crippen molar-refractivity contribution in [2.45, 2.75) is 18.9 Å². The van der Waals surface area contributed by atoms with Crippen LogP contribution in [0.25, 0.3) is 0 Å². The molecule has 0 aliphatic heterocycles. The van der Waals surface area contributed by atoms with E-state index in [0.29, 0.717) is 17.5 Å². The van der Waals surface area contributed by atoms with E-state index in [4.69, 9.17) is 10.5 Å². The van der Waals surface area contributed by atoms with E-state index in [1.165, 1.54) is 31.4 Å². The fourth-order valence-electron chi connectivity index (χ4n) is 2.18. The maximum Gasteiger partial charge on any atom is 0.165 e. The van der Waals surface area contributed by atoms with E-state index in [0.717, 1.165) is 6.07 Å². The molecule has 2 aromatic carbocycles. The van der Waals surface area contributed by atoms with Crippen LogP contribution in [0.15, 0.2) is 36.4 Å². The summed E-state index contributed by atoms with van der Waals surface area (Å²) in [6.45, 7) is 0. The summed E-state index contributed by atoms with van der Waals surface area (Å²) >= 11 is 0.